The van der Waals surface area contributed by atoms with E-state index in [1.54, 1.807) is 13.0 Å². The molecule has 0 radical (unpaired) electrons. The highest BCUT2D eigenvalue weighted by Crippen LogP contribution is 2.41. The van der Waals surface area contributed by atoms with Gasteiger partial charge in [0.2, 0.25) is 0 Å². The average molecular weight is 281 g/mol. The van der Waals surface area contributed by atoms with Gasteiger partial charge in [-0.05, 0) is 19.9 Å². The van der Waals surface area contributed by atoms with Gasteiger partial charge in [-0.1, -0.05) is 11.6 Å². The Balaban J connectivity index is 2.66. The lowest BCUT2D eigenvalue weighted by Crippen LogP contribution is -2.40. The van der Waals surface area contributed by atoms with Crippen LogP contribution in [0.2, 0.25) is 5.02 Å². The number of aliphatic hydroxyl groups is 1. The number of ether oxygens (including phenoxy) is 1. The molecule has 1 fully saturated rings. The van der Waals surface area contributed by atoms with Crippen LogP contribution in [0.4, 0.5) is 0 Å². The van der Waals surface area contributed by atoms with E-state index < -0.39 is 6.10 Å². The fraction of sp³-hybridized carbons (Fsp3) is 0.500. The largest absolute Gasteiger partial charge is 0.493 e. The molecule has 19 heavy (non-hydrogen) atoms. The fourth-order valence-corrected chi connectivity index (χ4v) is 2.55. The van der Waals surface area contributed by atoms with Gasteiger partial charge in [-0.3, -0.25) is 0 Å². The molecule has 1 aliphatic heterocycles. The number of nitriles is 1. The summed E-state index contributed by atoms with van der Waals surface area (Å²) in [6, 6.07) is 3.79. The summed E-state index contributed by atoms with van der Waals surface area (Å²) in [5.74, 6) is 0.831. The minimum atomic E-state index is -0.682. The molecule has 1 aromatic carbocycles. The number of nitrogens with one attached hydrogen (secondary N) is 1. The van der Waals surface area contributed by atoms with Crippen molar-refractivity contribution in [3.63, 3.8) is 0 Å². The van der Waals surface area contributed by atoms with Crippen LogP contribution in [0.25, 0.3) is 0 Å². The second kappa shape index (κ2) is 5.79. The summed E-state index contributed by atoms with van der Waals surface area (Å²) in [6.45, 7) is 5.64. The fourth-order valence-electron chi connectivity index (χ4n) is 2.28. The summed E-state index contributed by atoms with van der Waals surface area (Å²) in [4.78, 5) is 0. The molecule has 5 heteroatoms. The first-order valence-corrected chi connectivity index (χ1v) is 6.75. The number of rotatable bonds is 4. The molecular formula is C14H17ClN2O2. The topological polar surface area (TPSA) is 65.3 Å². The van der Waals surface area contributed by atoms with Crippen molar-refractivity contribution >= 4 is 11.6 Å². The molecule has 1 aliphatic rings. The van der Waals surface area contributed by atoms with Gasteiger partial charge < -0.3 is 15.2 Å². The highest BCUT2D eigenvalue weighted by Gasteiger charge is 2.30. The zero-order valence-electron chi connectivity index (χ0n) is 11.0. The number of aliphatic hydroxyl groups excluding tert-OH is 1. The first-order valence-electron chi connectivity index (χ1n) is 6.38. The van der Waals surface area contributed by atoms with E-state index in [-0.39, 0.29) is 5.92 Å². The molecule has 2 rings (SSSR count). The standard InChI is InChI=1S/C14H17ClN2O2/c1-3-19-14-10(8(2)18)4-12(15)11(5-16)13(14)9-6-17-7-9/h4,8-9,17-18H,3,6-7H2,1-2H3. The Kier molecular flexibility index (Phi) is 4.31. The van der Waals surface area contributed by atoms with E-state index in [4.69, 9.17) is 16.3 Å². The molecule has 2 N–H and O–H groups in total. The van der Waals surface area contributed by atoms with Crippen LogP contribution in [0.5, 0.6) is 5.75 Å². The number of hydrogen-bond acceptors (Lipinski definition) is 4. The first kappa shape index (κ1) is 14.1. The lowest BCUT2D eigenvalue weighted by molar-refractivity contribution is 0.191. The van der Waals surface area contributed by atoms with Crippen molar-refractivity contribution in [1.29, 1.82) is 5.26 Å². The van der Waals surface area contributed by atoms with Crippen molar-refractivity contribution in [2.75, 3.05) is 19.7 Å². The maximum absolute atomic E-state index is 9.88. The summed E-state index contributed by atoms with van der Waals surface area (Å²) >= 11 is 6.17. The van der Waals surface area contributed by atoms with Gasteiger partial charge in [0.15, 0.2) is 0 Å². The van der Waals surface area contributed by atoms with Crippen LogP contribution >= 0.6 is 11.6 Å². The predicted octanol–water partition coefficient (Wildman–Crippen LogP) is 2.35. The van der Waals surface area contributed by atoms with Crippen LogP contribution in [0.1, 0.15) is 42.6 Å². The molecular weight excluding hydrogens is 264 g/mol. The quantitative estimate of drug-likeness (QED) is 0.888. The zero-order valence-corrected chi connectivity index (χ0v) is 11.8. The molecule has 0 aromatic heterocycles. The van der Waals surface area contributed by atoms with Crippen LogP contribution in [-0.2, 0) is 0 Å². The molecule has 1 saturated heterocycles. The van der Waals surface area contributed by atoms with Crippen molar-refractivity contribution in [3.05, 3.63) is 27.8 Å². The Morgan fingerprint density at radius 3 is 2.74 bits per heavy atom. The van der Waals surface area contributed by atoms with E-state index in [9.17, 15) is 10.4 Å². The van der Waals surface area contributed by atoms with Gasteiger partial charge in [0, 0.05) is 30.1 Å². The van der Waals surface area contributed by atoms with Crippen LogP contribution < -0.4 is 10.1 Å². The third kappa shape index (κ3) is 2.55. The summed E-state index contributed by atoms with van der Waals surface area (Å²) in [5, 5.41) is 22.8. The second-order valence-electron chi connectivity index (χ2n) is 4.64. The number of benzene rings is 1. The monoisotopic (exact) mass is 280 g/mol. The first-order chi connectivity index (χ1) is 9.10. The summed E-state index contributed by atoms with van der Waals surface area (Å²) < 4.78 is 5.69. The SMILES string of the molecule is CCOc1c(C(C)O)cc(Cl)c(C#N)c1C1CNC1. The molecule has 0 aliphatic carbocycles. The lowest BCUT2D eigenvalue weighted by Gasteiger charge is -2.31. The number of halogens is 1. The van der Waals surface area contributed by atoms with Crippen molar-refractivity contribution < 1.29 is 9.84 Å². The molecule has 0 bridgehead atoms. The van der Waals surface area contributed by atoms with E-state index in [0.717, 1.165) is 18.7 Å². The number of hydrogen-bond donors (Lipinski definition) is 2. The molecule has 1 unspecified atom stereocenters. The summed E-state index contributed by atoms with van der Waals surface area (Å²) in [6.07, 6.45) is -0.682. The molecule has 1 heterocycles. The Morgan fingerprint density at radius 1 is 1.63 bits per heavy atom. The van der Waals surface area contributed by atoms with Gasteiger partial charge in [0.1, 0.15) is 11.8 Å². The molecule has 1 atom stereocenters. The lowest BCUT2D eigenvalue weighted by atomic mass is 9.86. The van der Waals surface area contributed by atoms with Crippen LogP contribution in [0.15, 0.2) is 6.07 Å². The van der Waals surface area contributed by atoms with Gasteiger partial charge in [-0.15, -0.1) is 0 Å². The Hall–Kier alpha value is -1.28. The molecule has 0 amide bonds. The van der Waals surface area contributed by atoms with E-state index >= 15 is 0 Å². The van der Waals surface area contributed by atoms with Crippen molar-refractivity contribution in [1.82, 2.24) is 5.32 Å². The Labute approximate surface area is 117 Å². The second-order valence-corrected chi connectivity index (χ2v) is 5.05. The third-order valence-corrected chi connectivity index (χ3v) is 3.64. The minimum absolute atomic E-state index is 0.215. The highest BCUT2D eigenvalue weighted by molar-refractivity contribution is 6.32. The summed E-state index contributed by atoms with van der Waals surface area (Å²) in [7, 11) is 0. The Morgan fingerprint density at radius 2 is 2.32 bits per heavy atom. The normalized spacial score (nSPS) is 16.6. The summed E-state index contributed by atoms with van der Waals surface area (Å²) in [5.41, 5.74) is 1.93. The van der Waals surface area contributed by atoms with E-state index in [1.165, 1.54) is 0 Å². The predicted molar refractivity (Wildman–Crippen MR) is 73.6 cm³/mol. The van der Waals surface area contributed by atoms with Gasteiger partial charge in [-0.2, -0.15) is 5.26 Å². The van der Waals surface area contributed by atoms with Crippen LogP contribution in [-0.4, -0.2) is 24.8 Å². The zero-order chi connectivity index (χ0) is 14.0. The van der Waals surface area contributed by atoms with E-state index in [0.29, 0.717) is 28.5 Å². The average Bonchev–Trinajstić information content (AvgIpc) is 2.30. The van der Waals surface area contributed by atoms with Crippen molar-refractivity contribution in [2.45, 2.75) is 25.9 Å². The van der Waals surface area contributed by atoms with Gasteiger partial charge in [-0.25, -0.2) is 0 Å². The van der Waals surface area contributed by atoms with E-state index in [1.807, 2.05) is 6.92 Å². The minimum Gasteiger partial charge on any atom is -0.493 e. The number of nitrogens with zero attached hydrogens (tertiary/aromatic N) is 1. The molecule has 0 spiro atoms. The van der Waals surface area contributed by atoms with Gasteiger partial charge in [0.25, 0.3) is 0 Å². The highest BCUT2D eigenvalue weighted by atomic mass is 35.5. The van der Waals surface area contributed by atoms with Crippen LogP contribution in [0, 0.1) is 11.3 Å². The van der Waals surface area contributed by atoms with Gasteiger partial charge in [0.05, 0.1) is 23.3 Å². The van der Waals surface area contributed by atoms with E-state index in [2.05, 4.69) is 11.4 Å². The van der Waals surface area contributed by atoms with Crippen molar-refractivity contribution in [2.24, 2.45) is 0 Å². The third-order valence-electron chi connectivity index (χ3n) is 3.34. The smallest absolute Gasteiger partial charge is 0.130 e. The molecule has 1 aromatic rings. The maximum Gasteiger partial charge on any atom is 0.130 e. The molecule has 4 nitrogen and oxygen atoms in total. The maximum atomic E-state index is 9.88. The van der Waals surface area contributed by atoms with Crippen LogP contribution in [0.3, 0.4) is 0 Å². The molecule has 0 saturated carbocycles. The van der Waals surface area contributed by atoms with Crippen molar-refractivity contribution in [3.8, 4) is 11.8 Å². The molecule has 102 valence electrons. The Bertz CT molecular complexity index is 519. The van der Waals surface area contributed by atoms with Gasteiger partial charge >= 0.3 is 0 Å².